The third-order valence-corrected chi connectivity index (χ3v) is 5.94. The Labute approximate surface area is 125 Å². The van der Waals surface area contributed by atoms with Gasteiger partial charge in [-0.2, -0.15) is 0 Å². The highest BCUT2D eigenvalue weighted by Crippen LogP contribution is 2.38. The number of nitrogens with one attached hydrogen (secondary N) is 1. The predicted octanol–water partition coefficient (Wildman–Crippen LogP) is 2.66. The van der Waals surface area contributed by atoms with Crippen LogP contribution in [-0.4, -0.2) is 14.5 Å². The van der Waals surface area contributed by atoms with E-state index in [9.17, 15) is 8.42 Å². The fourth-order valence-corrected chi connectivity index (χ4v) is 4.36. The maximum Gasteiger partial charge on any atom is 0.240 e. The van der Waals surface area contributed by atoms with Crippen LogP contribution in [0.15, 0.2) is 23.1 Å². The molecule has 2 rings (SSSR count). The largest absolute Gasteiger partial charge is 0.326 e. The summed E-state index contributed by atoms with van der Waals surface area (Å²) in [6.45, 7) is 4.41. The van der Waals surface area contributed by atoms with Crippen molar-refractivity contribution in [2.24, 2.45) is 11.1 Å². The van der Waals surface area contributed by atoms with Crippen molar-refractivity contribution in [2.75, 3.05) is 0 Å². The van der Waals surface area contributed by atoms with E-state index in [4.69, 9.17) is 17.3 Å². The molecule has 4 nitrogen and oxygen atoms in total. The third-order valence-electron chi connectivity index (χ3n) is 4.10. The fraction of sp³-hybridized carbons (Fsp3) is 0.571. The van der Waals surface area contributed by atoms with Crippen molar-refractivity contribution in [3.8, 4) is 0 Å². The van der Waals surface area contributed by atoms with E-state index in [1.165, 1.54) is 6.07 Å². The smallest absolute Gasteiger partial charge is 0.240 e. The van der Waals surface area contributed by atoms with Gasteiger partial charge in [0.1, 0.15) is 0 Å². The van der Waals surface area contributed by atoms with Gasteiger partial charge in [0.2, 0.25) is 10.0 Å². The first-order valence-corrected chi connectivity index (χ1v) is 8.63. The molecule has 0 aliphatic heterocycles. The molecule has 1 aromatic carbocycles. The van der Waals surface area contributed by atoms with Crippen LogP contribution in [0.1, 0.15) is 38.7 Å². The van der Waals surface area contributed by atoms with Crippen molar-refractivity contribution in [2.45, 2.75) is 50.6 Å². The van der Waals surface area contributed by atoms with E-state index in [0.717, 1.165) is 19.3 Å². The van der Waals surface area contributed by atoms with E-state index in [1.54, 1.807) is 12.1 Å². The van der Waals surface area contributed by atoms with Crippen LogP contribution in [0.3, 0.4) is 0 Å². The molecule has 0 aromatic heterocycles. The Kier molecular flexibility index (Phi) is 4.44. The van der Waals surface area contributed by atoms with E-state index in [-0.39, 0.29) is 22.9 Å². The van der Waals surface area contributed by atoms with E-state index in [0.29, 0.717) is 10.6 Å². The summed E-state index contributed by atoms with van der Waals surface area (Å²) in [5.74, 6) is 0. The number of sulfonamides is 1. The molecule has 0 heterocycles. The summed E-state index contributed by atoms with van der Waals surface area (Å²) >= 11 is 5.97. The zero-order chi connectivity index (χ0) is 15.0. The van der Waals surface area contributed by atoms with Crippen LogP contribution in [0.4, 0.5) is 0 Å². The first-order chi connectivity index (χ1) is 9.26. The van der Waals surface area contributed by atoms with Crippen LogP contribution >= 0.6 is 11.6 Å². The number of halogens is 1. The van der Waals surface area contributed by atoms with Gasteiger partial charge in [0, 0.05) is 17.6 Å². The van der Waals surface area contributed by atoms with Gasteiger partial charge in [-0.3, -0.25) is 0 Å². The van der Waals surface area contributed by atoms with Crippen LogP contribution in [-0.2, 0) is 16.6 Å². The van der Waals surface area contributed by atoms with E-state index < -0.39 is 10.0 Å². The topological polar surface area (TPSA) is 72.2 Å². The lowest BCUT2D eigenvalue weighted by atomic mass is 9.88. The summed E-state index contributed by atoms with van der Waals surface area (Å²) in [5, 5.41) is 0.493. The first kappa shape index (κ1) is 15.8. The van der Waals surface area contributed by atoms with Crippen molar-refractivity contribution in [3.63, 3.8) is 0 Å². The minimum atomic E-state index is -3.53. The Morgan fingerprint density at radius 3 is 2.70 bits per heavy atom. The van der Waals surface area contributed by atoms with Crippen LogP contribution in [0, 0.1) is 5.41 Å². The van der Waals surface area contributed by atoms with Gasteiger partial charge in [-0.1, -0.05) is 31.9 Å². The highest BCUT2D eigenvalue weighted by atomic mass is 35.5. The van der Waals surface area contributed by atoms with E-state index in [1.807, 2.05) is 0 Å². The van der Waals surface area contributed by atoms with Gasteiger partial charge in [0.15, 0.2) is 0 Å². The average Bonchev–Trinajstić information content (AvgIpc) is 2.68. The van der Waals surface area contributed by atoms with Crippen molar-refractivity contribution in [1.82, 2.24) is 4.72 Å². The standard InChI is InChI=1S/C14H21ClN2O2S/c1-14(2)7-3-4-13(14)17-20(18,19)11-5-6-12(15)10(8-11)9-16/h5-6,8,13,17H,3-4,7,9,16H2,1-2H3. The van der Waals surface area contributed by atoms with Gasteiger partial charge in [-0.25, -0.2) is 13.1 Å². The number of benzene rings is 1. The molecule has 0 bridgehead atoms. The average molecular weight is 317 g/mol. The minimum Gasteiger partial charge on any atom is -0.326 e. The zero-order valence-electron chi connectivity index (χ0n) is 11.8. The van der Waals surface area contributed by atoms with Gasteiger partial charge >= 0.3 is 0 Å². The number of hydrogen-bond acceptors (Lipinski definition) is 3. The molecule has 1 saturated carbocycles. The summed E-state index contributed by atoms with van der Waals surface area (Å²) in [7, 11) is -3.53. The number of hydrogen-bond donors (Lipinski definition) is 2. The first-order valence-electron chi connectivity index (χ1n) is 6.77. The number of rotatable bonds is 4. The van der Waals surface area contributed by atoms with Gasteiger partial charge in [-0.15, -0.1) is 0 Å². The fourth-order valence-electron chi connectivity index (χ4n) is 2.68. The molecule has 1 fully saturated rings. The lowest BCUT2D eigenvalue weighted by Crippen LogP contribution is -2.41. The second kappa shape index (κ2) is 5.64. The molecule has 20 heavy (non-hydrogen) atoms. The molecule has 1 aromatic rings. The quantitative estimate of drug-likeness (QED) is 0.897. The highest BCUT2D eigenvalue weighted by molar-refractivity contribution is 7.89. The molecule has 3 N–H and O–H groups in total. The predicted molar refractivity (Wildman–Crippen MR) is 81.1 cm³/mol. The molecule has 0 radical (unpaired) electrons. The zero-order valence-corrected chi connectivity index (χ0v) is 13.4. The van der Waals surface area contributed by atoms with E-state index >= 15 is 0 Å². The van der Waals surface area contributed by atoms with Gasteiger partial charge in [0.05, 0.1) is 4.90 Å². The van der Waals surface area contributed by atoms with Gasteiger partial charge in [0.25, 0.3) is 0 Å². The normalized spacial score (nSPS) is 22.1. The Hall–Kier alpha value is -0.620. The summed E-state index contributed by atoms with van der Waals surface area (Å²) in [5.41, 5.74) is 6.21. The van der Waals surface area contributed by atoms with Crippen LogP contribution in [0.5, 0.6) is 0 Å². The second-order valence-electron chi connectivity index (χ2n) is 6.01. The van der Waals surface area contributed by atoms with E-state index in [2.05, 4.69) is 18.6 Å². The van der Waals surface area contributed by atoms with Crippen molar-refractivity contribution in [3.05, 3.63) is 28.8 Å². The molecule has 1 unspecified atom stereocenters. The SMILES string of the molecule is CC1(C)CCCC1NS(=O)(=O)c1ccc(Cl)c(CN)c1. The minimum absolute atomic E-state index is 0.00378. The lowest BCUT2D eigenvalue weighted by molar-refractivity contribution is 0.313. The molecule has 1 atom stereocenters. The number of nitrogens with two attached hydrogens (primary N) is 1. The molecule has 0 spiro atoms. The molecule has 0 amide bonds. The molecule has 6 heteroatoms. The summed E-state index contributed by atoms with van der Waals surface area (Å²) in [4.78, 5) is 0.227. The Morgan fingerprint density at radius 1 is 1.45 bits per heavy atom. The molecular formula is C14H21ClN2O2S. The highest BCUT2D eigenvalue weighted by Gasteiger charge is 2.37. The van der Waals surface area contributed by atoms with Gasteiger partial charge in [-0.05, 0) is 42.0 Å². The van der Waals surface area contributed by atoms with Gasteiger partial charge < -0.3 is 5.73 Å². The molecular weight excluding hydrogens is 296 g/mol. The third kappa shape index (κ3) is 3.17. The Morgan fingerprint density at radius 2 is 2.15 bits per heavy atom. The summed E-state index contributed by atoms with van der Waals surface area (Å²) in [6.07, 6.45) is 2.97. The molecule has 0 saturated heterocycles. The maximum atomic E-state index is 12.5. The summed E-state index contributed by atoms with van der Waals surface area (Å²) < 4.78 is 27.7. The molecule has 112 valence electrons. The van der Waals surface area contributed by atoms with Crippen molar-refractivity contribution in [1.29, 1.82) is 0 Å². The molecule has 1 aliphatic rings. The van der Waals surface area contributed by atoms with Crippen LogP contribution in [0.25, 0.3) is 0 Å². The lowest BCUT2D eigenvalue weighted by Gasteiger charge is -2.27. The van der Waals surface area contributed by atoms with Crippen LogP contribution < -0.4 is 10.5 Å². The second-order valence-corrected chi connectivity index (χ2v) is 8.13. The monoisotopic (exact) mass is 316 g/mol. The maximum absolute atomic E-state index is 12.5. The van der Waals surface area contributed by atoms with Crippen molar-refractivity contribution >= 4 is 21.6 Å². The Bertz CT molecular complexity index is 599. The Balaban J connectivity index is 2.27. The van der Waals surface area contributed by atoms with Crippen molar-refractivity contribution < 1.29 is 8.42 Å². The summed E-state index contributed by atoms with van der Waals surface area (Å²) in [6, 6.07) is 4.63. The molecule has 1 aliphatic carbocycles. The van der Waals surface area contributed by atoms with Crippen LogP contribution in [0.2, 0.25) is 5.02 Å².